The molecule has 0 fully saturated rings. The molecule has 0 saturated heterocycles. The number of likely N-dealkylation sites (N-methyl/N-ethyl adjacent to an activating group) is 2. The second-order valence-corrected chi connectivity index (χ2v) is 3.90. The quantitative estimate of drug-likeness (QED) is 0.783. The number of nitrogens with zero attached hydrogens (tertiary/aromatic N) is 1. The van der Waals surface area contributed by atoms with E-state index in [1.54, 1.807) is 7.05 Å². The van der Waals surface area contributed by atoms with E-state index in [4.69, 9.17) is 5.11 Å². The number of hydrogen-bond donors (Lipinski definition) is 2. The molecule has 0 aromatic heterocycles. The maximum absolute atomic E-state index is 10.9. The van der Waals surface area contributed by atoms with Gasteiger partial charge in [0.25, 0.3) is 0 Å². The number of carbonyl (C=O) groups is 1. The summed E-state index contributed by atoms with van der Waals surface area (Å²) in [6.07, 6.45) is 0. The number of aryl methyl sites for hydroxylation is 1. The fourth-order valence-electron chi connectivity index (χ4n) is 1.47. The van der Waals surface area contributed by atoms with Crippen molar-refractivity contribution >= 4 is 11.7 Å². The van der Waals surface area contributed by atoms with Gasteiger partial charge < -0.3 is 15.3 Å². The smallest absolute Gasteiger partial charge is 0.322 e. The minimum Gasteiger partial charge on any atom is -0.480 e. The first-order chi connectivity index (χ1) is 7.54. The number of nitrogens with one attached hydrogen (secondary N) is 1. The third-order valence-corrected chi connectivity index (χ3v) is 2.58. The first-order valence-electron chi connectivity index (χ1n) is 5.22. The Bertz CT molecular complexity index is 349. The lowest BCUT2D eigenvalue weighted by Crippen LogP contribution is -2.43. The SMILES string of the molecule is CNC(CN(C)c1ccc(C)cc1)C(=O)O. The second-order valence-electron chi connectivity index (χ2n) is 3.90. The summed E-state index contributed by atoms with van der Waals surface area (Å²) in [6.45, 7) is 2.46. The van der Waals surface area contributed by atoms with Crippen LogP contribution in [0.25, 0.3) is 0 Å². The van der Waals surface area contributed by atoms with Crippen LogP contribution in [0.3, 0.4) is 0 Å². The molecule has 1 unspecified atom stereocenters. The molecule has 0 saturated carbocycles. The number of hydrogen-bond acceptors (Lipinski definition) is 3. The maximum Gasteiger partial charge on any atom is 0.322 e. The molecule has 1 rings (SSSR count). The zero-order valence-electron chi connectivity index (χ0n) is 9.90. The van der Waals surface area contributed by atoms with Crippen LogP contribution in [-0.2, 0) is 4.79 Å². The van der Waals surface area contributed by atoms with Crippen molar-refractivity contribution in [3.05, 3.63) is 29.8 Å². The molecule has 4 nitrogen and oxygen atoms in total. The zero-order chi connectivity index (χ0) is 12.1. The Morgan fingerprint density at radius 2 is 2.00 bits per heavy atom. The van der Waals surface area contributed by atoms with Crippen molar-refractivity contribution in [1.29, 1.82) is 0 Å². The molecule has 2 N–H and O–H groups in total. The van der Waals surface area contributed by atoms with Crippen LogP contribution in [0, 0.1) is 6.92 Å². The van der Waals surface area contributed by atoms with Crippen LogP contribution in [0.4, 0.5) is 5.69 Å². The standard InChI is InChI=1S/C12H18N2O2/c1-9-4-6-10(7-5-9)14(3)8-11(13-2)12(15)16/h4-7,11,13H,8H2,1-3H3,(H,15,16). The monoisotopic (exact) mass is 222 g/mol. The summed E-state index contributed by atoms with van der Waals surface area (Å²) in [4.78, 5) is 12.8. The largest absolute Gasteiger partial charge is 0.480 e. The zero-order valence-corrected chi connectivity index (χ0v) is 9.90. The molecule has 0 bridgehead atoms. The molecule has 0 amide bonds. The average Bonchev–Trinajstić information content (AvgIpc) is 2.26. The third-order valence-electron chi connectivity index (χ3n) is 2.58. The van der Waals surface area contributed by atoms with Crippen molar-refractivity contribution in [2.75, 3.05) is 25.5 Å². The minimum absolute atomic E-state index is 0.439. The van der Waals surface area contributed by atoms with E-state index in [1.807, 2.05) is 43.1 Å². The van der Waals surface area contributed by atoms with Gasteiger partial charge in [-0.2, -0.15) is 0 Å². The Hall–Kier alpha value is -1.55. The van der Waals surface area contributed by atoms with Gasteiger partial charge in [-0.15, -0.1) is 0 Å². The van der Waals surface area contributed by atoms with Crippen LogP contribution in [-0.4, -0.2) is 37.8 Å². The molecule has 0 spiro atoms. The van der Waals surface area contributed by atoms with E-state index >= 15 is 0 Å². The molecule has 4 heteroatoms. The lowest BCUT2D eigenvalue weighted by molar-refractivity contribution is -0.139. The Morgan fingerprint density at radius 3 is 2.44 bits per heavy atom. The summed E-state index contributed by atoms with van der Waals surface area (Å²) in [5.74, 6) is -0.832. The summed E-state index contributed by atoms with van der Waals surface area (Å²) in [5, 5.41) is 11.7. The predicted octanol–water partition coefficient (Wildman–Crippen LogP) is 1.10. The number of benzene rings is 1. The van der Waals surface area contributed by atoms with E-state index < -0.39 is 12.0 Å². The lowest BCUT2D eigenvalue weighted by Gasteiger charge is -2.23. The highest BCUT2D eigenvalue weighted by molar-refractivity contribution is 5.74. The molecular weight excluding hydrogens is 204 g/mol. The van der Waals surface area contributed by atoms with Crippen LogP contribution >= 0.6 is 0 Å². The third kappa shape index (κ3) is 3.24. The normalized spacial score (nSPS) is 12.2. The van der Waals surface area contributed by atoms with Gasteiger partial charge in [0.15, 0.2) is 0 Å². The number of anilines is 1. The van der Waals surface area contributed by atoms with Gasteiger partial charge in [-0.3, -0.25) is 4.79 Å². The van der Waals surface area contributed by atoms with Crippen molar-refractivity contribution in [3.8, 4) is 0 Å². The molecule has 1 atom stereocenters. The van der Waals surface area contributed by atoms with Crippen molar-refractivity contribution < 1.29 is 9.90 Å². The van der Waals surface area contributed by atoms with Gasteiger partial charge in [0.05, 0.1) is 0 Å². The van der Waals surface area contributed by atoms with Gasteiger partial charge in [-0.1, -0.05) is 17.7 Å². The highest BCUT2D eigenvalue weighted by atomic mass is 16.4. The van der Waals surface area contributed by atoms with Crippen molar-refractivity contribution in [2.24, 2.45) is 0 Å². The Balaban J connectivity index is 2.67. The van der Waals surface area contributed by atoms with E-state index in [0.29, 0.717) is 6.54 Å². The van der Waals surface area contributed by atoms with E-state index in [9.17, 15) is 4.79 Å². The van der Waals surface area contributed by atoms with Crippen LogP contribution in [0.5, 0.6) is 0 Å². The molecule has 0 aliphatic carbocycles. The van der Waals surface area contributed by atoms with Crippen LogP contribution in [0.2, 0.25) is 0 Å². The van der Waals surface area contributed by atoms with Crippen molar-refractivity contribution in [3.63, 3.8) is 0 Å². The number of rotatable bonds is 5. The molecule has 0 radical (unpaired) electrons. The summed E-state index contributed by atoms with van der Waals surface area (Å²) >= 11 is 0. The fraction of sp³-hybridized carbons (Fsp3) is 0.417. The van der Waals surface area contributed by atoms with Gasteiger partial charge >= 0.3 is 5.97 Å². The second kappa shape index (κ2) is 5.51. The Labute approximate surface area is 95.9 Å². The van der Waals surface area contributed by atoms with E-state index in [0.717, 1.165) is 5.69 Å². The molecule has 16 heavy (non-hydrogen) atoms. The molecule has 88 valence electrons. The predicted molar refractivity (Wildman–Crippen MR) is 64.9 cm³/mol. The Kier molecular flexibility index (Phi) is 4.31. The molecule has 0 aliphatic rings. The van der Waals surface area contributed by atoms with Gasteiger partial charge in [0.1, 0.15) is 6.04 Å². The van der Waals surface area contributed by atoms with E-state index in [1.165, 1.54) is 5.56 Å². The van der Waals surface area contributed by atoms with Gasteiger partial charge in [-0.25, -0.2) is 0 Å². The summed E-state index contributed by atoms with van der Waals surface area (Å²) in [7, 11) is 3.54. The fourth-order valence-corrected chi connectivity index (χ4v) is 1.47. The van der Waals surface area contributed by atoms with Gasteiger partial charge in [0.2, 0.25) is 0 Å². The highest BCUT2D eigenvalue weighted by Gasteiger charge is 2.16. The molecular formula is C12H18N2O2. The first-order valence-corrected chi connectivity index (χ1v) is 5.22. The average molecular weight is 222 g/mol. The lowest BCUT2D eigenvalue weighted by atomic mass is 10.2. The highest BCUT2D eigenvalue weighted by Crippen LogP contribution is 2.13. The Morgan fingerprint density at radius 1 is 1.44 bits per heavy atom. The number of aliphatic carboxylic acids is 1. The number of carboxylic acid groups (broad SMARTS) is 1. The van der Waals surface area contributed by atoms with Crippen LogP contribution in [0.15, 0.2) is 24.3 Å². The topological polar surface area (TPSA) is 52.6 Å². The van der Waals surface area contributed by atoms with Crippen LogP contribution in [0.1, 0.15) is 5.56 Å². The molecule has 1 aromatic rings. The van der Waals surface area contributed by atoms with Crippen LogP contribution < -0.4 is 10.2 Å². The van der Waals surface area contributed by atoms with Gasteiger partial charge in [0, 0.05) is 19.3 Å². The van der Waals surface area contributed by atoms with Crippen molar-refractivity contribution in [1.82, 2.24) is 5.32 Å². The van der Waals surface area contributed by atoms with E-state index in [-0.39, 0.29) is 0 Å². The minimum atomic E-state index is -0.832. The molecule has 0 aliphatic heterocycles. The summed E-state index contributed by atoms with van der Waals surface area (Å²) < 4.78 is 0. The maximum atomic E-state index is 10.9. The summed E-state index contributed by atoms with van der Waals surface area (Å²) in [6, 6.07) is 7.46. The number of carboxylic acids is 1. The van der Waals surface area contributed by atoms with E-state index in [2.05, 4.69) is 5.32 Å². The van der Waals surface area contributed by atoms with Crippen molar-refractivity contribution in [2.45, 2.75) is 13.0 Å². The first kappa shape index (κ1) is 12.5. The molecule has 1 aromatic carbocycles. The summed E-state index contributed by atoms with van der Waals surface area (Å²) in [5.41, 5.74) is 2.22. The molecule has 0 heterocycles. The van der Waals surface area contributed by atoms with Gasteiger partial charge in [-0.05, 0) is 26.1 Å².